The zero-order chi connectivity index (χ0) is 13.3. The first-order chi connectivity index (χ1) is 8.38. The number of nitrogens with zero attached hydrogens (tertiary/aromatic N) is 4. The fraction of sp³-hybridized carbons (Fsp3) is 0.800. The molecule has 1 aliphatic rings. The van der Waals surface area contributed by atoms with Crippen molar-refractivity contribution >= 4 is 10.0 Å². The Hall–Kier alpha value is -1.15. The van der Waals surface area contributed by atoms with Crippen LogP contribution in [0.25, 0.3) is 0 Å². The molecule has 0 aliphatic carbocycles. The van der Waals surface area contributed by atoms with Crippen molar-refractivity contribution in [2.45, 2.75) is 19.4 Å². The van der Waals surface area contributed by atoms with Gasteiger partial charge >= 0.3 is 5.69 Å². The third-order valence-electron chi connectivity index (χ3n) is 3.27. The van der Waals surface area contributed by atoms with Gasteiger partial charge in [-0.05, 0) is 18.8 Å². The standard InChI is InChI=1S/C10H18N4O3S/c1-12-8-11-14(10(12)15)7-9-4-3-5-13(6-9)18(2,16)17/h8-9H,3-7H2,1-2H3. The topological polar surface area (TPSA) is 77.2 Å². The van der Waals surface area contributed by atoms with Crippen molar-refractivity contribution in [3.8, 4) is 0 Å². The minimum atomic E-state index is -3.14. The molecule has 0 spiro atoms. The van der Waals surface area contributed by atoms with Gasteiger partial charge in [-0.1, -0.05) is 0 Å². The summed E-state index contributed by atoms with van der Waals surface area (Å²) in [7, 11) is -1.49. The lowest BCUT2D eigenvalue weighted by Crippen LogP contribution is -2.41. The zero-order valence-corrected chi connectivity index (χ0v) is 11.4. The number of hydrogen-bond donors (Lipinski definition) is 0. The van der Waals surface area contributed by atoms with Gasteiger partial charge in [-0.25, -0.2) is 22.2 Å². The maximum atomic E-state index is 11.7. The van der Waals surface area contributed by atoms with Gasteiger partial charge in [0, 0.05) is 20.1 Å². The molecule has 0 amide bonds. The minimum absolute atomic E-state index is 0.154. The van der Waals surface area contributed by atoms with E-state index in [1.807, 2.05) is 0 Å². The molecule has 0 N–H and O–H groups in total. The van der Waals surface area contributed by atoms with Crippen LogP contribution in [0.3, 0.4) is 0 Å². The lowest BCUT2D eigenvalue weighted by molar-refractivity contribution is 0.238. The maximum Gasteiger partial charge on any atom is 0.345 e. The Labute approximate surface area is 106 Å². The minimum Gasteiger partial charge on any atom is -0.285 e. The molecule has 102 valence electrons. The average molecular weight is 274 g/mol. The lowest BCUT2D eigenvalue weighted by atomic mass is 10.00. The van der Waals surface area contributed by atoms with Gasteiger partial charge < -0.3 is 0 Å². The Morgan fingerprint density at radius 2 is 2.22 bits per heavy atom. The normalized spacial score (nSPS) is 22.2. The van der Waals surface area contributed by atoms with E-state index in [0.717, 1.165) is 12.8 Å². The number of hydrogen-bond acceptors (Lipinski definition) is 4. The van der Waals surface area contributed by atoms with Crippen molar-refractivity contribution in [1.29, 1.82) is 0 Å². The molecule has 2 heterocycles. The van der Waals surface area contributed by atoms with Gasteiger partial charge in [0.2, 0.25) is 10.0 Å². The first-order valence-corrected chi connectivity index (χ1v) is 7.76. The van der Waals surface area contributed by atoms with Crippen molar-refractivity contribution in [2.75, 3.05) is 19.3 Å². The van der Waals surface area contributed by atoms with E-state index in [4.69, 9.17) is 0 Å². The molecule has 1 fully saturated rings. The first kappa shape index (κ1) is 13.3. The summed E-state index contributed by atoms with van der Waals surface area (Å²) < 4.78 is 27.3. The van der Waals surface area contributed by atoms with Crippen LogP contribution in [-0.2, 0) is 23.6 Å². The number of sulfonamides is 1. The second kappa shape index (κ2) is 4.85. The summed E-state index contributed by atoms with van der Waals surface area (Å²) in [6.07, 6.45) is 4.45. The fourth-order valence-corrected chi connectivity index (χ4v) is 3.21. The molecule has 0 saturated carbocycles. The smallest absolute Gasteiger partial charge is 0.285 e. The Morgan fingerprint density at radius 3 is 2.78 bits per heavy atom. The molecule has 0 aromatic carbocycles. The highest BCUT2D eigenvalue weighted by Crippen LogP contribution is 2.19. The van der Waals surface area contributed by atoms with Crippen LogP contribution >= 0.6 is 0 Å². The summed E-state index contributed by atoms with van der Waals surface area (Å²) in [4.78, 5) is 11.7. The van der Waals surface area contributed by atoms with E-state index in [0.29, 0.717) is 19.6 Å². The summed E-state index contributed by atoms with van der Waals surface area (Å²) in [5.41, 5.74) is -0.161. The molecule has 1 aromatic rings. The Morgan fingerprint density at radius 1 is 1.50 bits per heavy atom. The highest BCUT2D eigenvalue weighted by Gasteiger charge is 2.26. The molecule has 8 heteroatoms. The van der Waals surface area contributed by atoms with Crippen LogP contribution in [0, 0.1) is 5.92 Å². The van der Waals surface area contributed by atoms with E-state index in [9.17, 15) is 13.2 Å². The van der Waals surface area contributed by atoms with Crippen molar-refractivity contribution in [3.05, 3.63) is 16.8 Å². The predicted molar refractivity (Wildman–Crippen MR) is 66.6 cm³/mol. The number of aryl methyl sites for hydroxylation is 1. The molecule has 1 unspecified atom stereocenters. The van der Waals surface area contributed by atoms with Gasteiger partial charge in [0.05, 0.1) is 12.8 Å². The van der Waals surface area contributed by atoms with Gasteiger partial charge in [-0.2, -0.15) is 5.10 Å². The summed E-state index contributed by atoms with van der Waals surface area (Å²) >= 11 is 0. The molecule has 7 nitrogen and oxygen atoms in total. The maximum absolute atomic E-state index is 11.7. The summed E-state index contributed by atoms with van der Waals surface area (Å²) in [6, 6.07) is 0. The summed E-state index contributed by atoms with van der Waals surface area (Å²) in [6.45, 7) is 1.53. The number of piperidine rings is 1. The van der Waals surface area contributed by atoms with Gasteiger partial charge in [0.1, 0.15) is 6.33 Å². The second-order valence-electron chi connectivity index (χ2n) is 4.84. The number of aromatic nitrogens is 3. The Balaban J connectivity index is 2.07. The van der Waals surface area contributed by atoms with Crippen LogP contribution in [0.5, 0.6) is 0 Å². The molecular formula is C10H18N4O3S. The molecule has 1 aliphatic heterocycles. The van der Waals surface area contributed by atoms with Crippen LogP contribution in [0.2, 0.25) is 0 Å². The van der Waals surface area contributed by atoms with E-state index in [2.05, 4.69) is 5.10 Å². The molecule has 1 saturated heterocycles. The zero-order valence-electron chi connectivity index (χ0n) is 10.6. The Bertz CT molecular complexity index is 574. The first-order valence-electron chi connectivity index (χ1n) is 5.91. The lowest BCUT2D eigenvalue weighted by Gasteiger charge is -2.30. The summed E-state index contributed by atoms with van der Waals surface area (Å²) in [5.74, 6) is 0.154. The van der Waals surface area contributed by atoms with E-state index in [-0.39, 0.29) is 11.6 Å². The largest absolute Gasteiger partial charge is 0.345 e. The third kappa shape index (κ3) is 2.81. The van der Waals surface area contributed by atoms with Crippen LogP contribution < -0.4 is 5.69 Å². The van der Waals surface area contributed by atoms with Crippen LogP contribution in [0.4, 0.5) is 0 Å². The highest BCUT2D eigenvalue weighted by molar-refractivity contribution is 7.88. The quantitative estimate of drug-likeness (QED) is 0.727. The Kier molecular flexibility index (Phi) is 3.58. The van der Waals surface area contributed by atoms with Crippen LogP contribution in [0.15, 0.2) is 11.1 Å². The van der Waals surface area contributed by atoms with Gasteiger partial charge in [-0.3, -0.25) is 4.57 Å². The van der Waals surface area contributed by atoms with E-state index in [1.165, 1.54) is 26.1 Å². The molecule has 0 radical (unpaired) electrons. The van der Waals surface area contributed by atoms with Crippen LogP contribution in [-0.4, -0.2) is 46.4 Å². The van der Waals surface area contributed by atoms with Crippen molar-refractivity contribution < 1.29 is 8.42 Å². The van der Waals surface area contributed by atoms with Crippen molar-refractivity contribution in [3.63, 3.8) is 0 Å². The van der Waals surface area contributed by atoms with Gasteiger partial charge in [0.25, 0.3) is 0 Å². The average Bonchev–Trinajstić information content (AvgIpc) is 2.60. The second-order valence-corrected chi connectivity index (χ2v) is 6.82. The molecule has 18 heavy (non-hydrogen) atoms. The SMILES string of the molecule is Cn1cnn(CC2CCCN(S(C)(=O)=O)C2)c1=O. The molecular weight excluding hydrogens is 256 g/mol. The third-order valence-corrected chi connectivity index (χ3v) is 4.54. The monoisotopic (exact) mass is 274 g/mol. The number of rotatable bonds is 3. The van der Waals surface area contributed by atoms with Crippen molar-refractivity contribution in [1.82, 2.24) is 18.7 Å². The molecule has 1 atom stereocenters. The van der Waals surface area contributed by atoms with Crippen LogP contribution in [0.1, 0.15) is 12.8 Å². The molecule has 1 aromatic heterocycles. The predicted octanol–water partition coefficient (Wildman–Crippen LogP) is -0.747. The summed E-state index contributed by atoms with van der Waals surface area (Å²) in [5, 5.41) is 4.00. The van der Waals surface area contributed by atoms with Crippen molar-refractivity contribution in [2.24, 2.45) is 13.0 Å². The highest BCUT2D eigenvalue weighted by atomic mass is 32.2. The van der Waals surface area contributed by atoms with E-state index >= 15 is 0 Å². The molecule has 0 bridgehead atoms. The van der Waals surface area contributed by atoms with Gasteiger partial charge in [-0.15, -0.1) is 0 Å². The van der Waals surface area contributed by atoms with E-state index in [1.54, 1.807) is 7.05 Å². The molecule has 2 rings (SSSR count). The van der Waals surface area contributed by atoms with E-state index < -0.39 is 10.0 Å². The fourth-order valence-electron chi connectivity index (χ4n) is 2.27. The van der Waals surface area contributed by atoms with Gasteiger partial charge in [0.15, 0.2) is 0 Å².